The average Bonchev–Trinajstić information content (AvgIpc) is 2.98. The van der Waals surface area contributed by atoms with Crippen LogP contribution in [0.4, 0.5) is 5.13 Å². The van der Waals surface area contributed by atoms with Gasteiger partial charge in [-0.3, -0.25) is 4.79 Å². The van der Waals surface area contributed by atoms with Crippen molar-refractivity contribution in [2.24, 2.45) is 0 Å². The summed E-state index contributed by atoms with van der Waals surface area (Å²) in [4.78, 5) is 18.2. The van der Waals surface area contributed by atoms with Crippen LogP contribution in [0.15, 0.2) is 35.7 Å². The van der Waals surface area contributed by atoms with Crippen LogP contribution in [-0.2, 0) is 4.79 Å². The van der Waals surface area contributed by atoms with E-state index in [1.165, 1.54) is 0 Å². The van der Waals surface area contributed by atoms with Gasteiger partial charge in [-0.25, -0.2) is 4.98 Å². The first-order chi connectivity index (χ1) is 10.2. The number of piperidine rings is 1. The van der Waals surface area contributed by atoms with Gasteiger partial charge in [0.2, 0.25) is 5.91 Å². The molecule has 0 aliphatic carbocycles. The van der Waals surface area contributed by atoms with Gasteiger partial charge in [-0.2, -0.15) is 0 Å². The van der Waals surface area contributed by atoms with E-state index < -0.39 is 0 Å². The van der Waals surface area contributed by atoms with Crippen LogP contribution in [0.1, 0.15) is 19.8 Å². The zero-order chi connectivity index (χ0) is 14.7. The average molecular weight is 301 g/mol. The second-order valence-electron chi connectivity index (χ2n) is 5.34. The Balaban J connectivity index is 1.64. The van der Waals surface area contributed by atoms with Crippen molar-refractivity contribution in [2.45, 2.75) is 25.8 Å². The van der Waals surface area contributed by atoms with Crippen LogP contribution in [0.5, 0.6) is 0 Å². The Morgan fingerprint density at radius 1 is 1.29 bits per heavy atom. The Bertz CT molecular complexity index is 603. The number of nitrogens with one attached hydrogen (secondary N) is 1. The van der Waals surface area contributed by atoms with Crippen molar-refractivity contribution in [3.05, 3.63) is 35.7 Å². The smallest absolute Gasteiger partial charge is 0.217 e. The van der Waals surface area contributed by atoms with Crippen molar-refractivity contribution in [1.82, 2.24) is 10.3 Å². The lowest BCUT2D eigenvalue weighted by molar-refractivity contribution is -0.119. The summed E-state index contributed by atoms with van der Waals surface area (Å²) in [5.41, 5.74) is 2.20. The lowest BCUT2D eigenvalue weighted by Crippen LogP contribution is -2.44. The molecular formula is C16H19N3OS. The largest absolute Gasteiger partial charge is 0.353 e. The number of carbonyl (C=O) groups excluding carboxylic acids is 1. The van der Waals surface area contributed by atoms with Gasteiger partial charge in [0.15, 0.2) is 5.13 Å². The molecule has 21 heavy (non-hydrogen) atoms. The number of benzene rings is 1. The summed E-state index contributed by atoms with van der Waals surface area (Å²) in [6.45, 7) is 3.48. The van der Waals surface area contributed by atoms with Crippen molar-refractivity contribution in [1.29, 1.82) is 0 Å². The number of hydrogen-bond acceptors (Lipinski definition) is 4. The predicted octanol–water partition coefficient (Wildman–Crippen LogP) is 2.92. The Kier molecular flexibility index (Phi) is 4.20. The first-order valence-corrected chi connectivity index (χ1v) is 8.13. The Hall–Kier alpha value is -1.88. The molecule has 0 bridgehead atoms. The molecule has 1 fully saturated rings. The molecule has 3 rings (SSSR count). The van der Waals surface area contributed by atoms with Gasteiger partial charge in [0.05, 0.1) is 5.69 Å². The number of nitrogens with zero attached hydrogens (tertiary/aromatic N) is 2. The highest BCUT2D eigenvalue weighted by atomic mass is 32.1. The van der Waals surface area contributed by atoms with E-state index in [0.717, 1.165) is 42.3 Å². The number of rotatable bonds is 3. The van der Waals surface area contributed by atoms with Crippen LogP contribution in [0.25, 0.3) is 11.3 Å². The number of carbonyl (C=O) groups is 1. The molecule has 2 aromatic rings. The topological polar surface area (TPSA) is 45.2 Å². The molecule has 2 heterocycles. The van der Waals surface area contributed by atoms with Crippen molar-refractivity contribution in [2.75, 3.05) is 18.0 Å². The highest BCUT2D eigenvalue weighted by molar-refractivity contribution is 7.14. The number of aromatic nitrogens is 1. The summed E-state index contributed by atoms with van der Waals surface area (Å²) < 4.78 is 0. The molecule has 0 atom stereocenters. The molecule has 0 unspecified atom stereocenters. The quantitative estimate of drug-likeness (QED) is 0.948. The zero-order valence-electron chi connectivity index (χ0n) is 12.1. The second kappa shape index (κ2) is 6.26. The first-order valence-electron chi connectivity index (χ1n) is 7.25. The number of anilines is 1. The predicted molar refractivity (Wildman–Crippen MR) is 86.6 cm³/mol. The van der Waals surface area contributed by atoms with Crippen LogP contribution in [0, 0.1) is 0 Å². The fourth-order valence-corrected chi connectivity index (χ4v) is 3.54. The van der Waals surface area contributed by atoms with Crippen molar-refractivity contribution in [3.8, 4) is 11.3 Å². The first kappa shape index (κ1) is 14.1. The summed E-state index contributed by atoms with van der Waals surface area (Å²) in [6.07, 6.45) is 1.97. The molecule has 5 heteroatoms. The van der Waals surface area contributed by atoms with Gasteiger partial charge in [0.25, 0.3) is 0 Å². The monoisotopic (exact) mass is 301 g/mol. The van der Waals surface area contributed by atoms with Gasteiger partial charge in [0, 0.05) is 37.0 Å². The van der Waals surface area contributed by atoms with Crippen LogP contribution in [0.3, 0.4) is 0 Å². The van der Waals surface area contributed by atoms with E-state index >= 15 is 0 Å². The van der Waals surface area contributed by atoms with Crippen LogP contribution in [0.2, 0.25) is 0 Å². The second-order valence-corrected chi connectivity index (χ2v) is 6.18. The van der Waals surface area contributed by atoms with Gasteiger partial charge in [-0.15, -0.1) is 11.3 Å². The normalized spacial score (nSPS) is 16.0. The summed E-state index contributed by atoms with van der Waals surface area (Å²) in [6, 6.07) is 10.6. The molecule has 110 valence electrons. The molecule has 1 saturated heterocycles. The minimum Gasteiger partial charge on any atom is -0.353 e. The fraction of sp³-hybridized carbons (Fsp3) is 0.375. The third-order valence-electron chi connectivity index (χ3n) is 3.73. The maximum Gasteiger partial charge on any atom is 0.217 e. The van der Waals surface area contributed by atoms with E-state index in [4.69, 9.17) is 4.98 Å². The van der Waals surface area contributed by atoms with Crippen molar-refractivity contribution >= 4 is 22.4 Å². The van der Waals surface area contributed by atoms with Crippen LogP contribution in [-0.4, -0.2) is 30.0 Å². The molecule has 1 aliphatic rings. The van der Waals surface area contributed by atoms with E-state index in [9.17, 15) is 4.79 Å². The summed E-state index contributed by atoms with van der Waals surface area (Å²) in [5, 5.41) is 6.20. The molecule has 1 N–H and O–H groups in total. The lowest BCUT2D eigenvalue weighted by Gasteiger charge is -2.31. The van der Waals surface area contributed by atoms with Gasteiger partial charge in [-0.05, 0) is 12.8 Å². The Morgan fingerprint density at radius 2 is 2.00 bits per heavy atom. The van der Waals surface area contributed by atoms with E-state index in [-0.39, 0.29) is 5.91 Å². The molecule has 1 aromatic heterocycles. The maximum absolute atomic E-state index is 11.1. The molecule has 4 nitrogen and oxygen atoms in total. The molecule has 0 radical (unpaired) electrons. The third-order valence-corrected chi connectivity index (χ3v) is 4.64. The molecule has 1 aliphatic heterocycles. The van der Waals surface area contributed by atoms with E-state index in [2.05, 4.69) is 27.7 Å². The number of amides is 1. The fourth-order valence-electron chi connectivity index (χ4n) is 2.65. The minimum atomic E-state index is 0.0639. The SMILES string of the molecule is CC(=O)NC1CCN(c2nc(-c3ccccc3)cs2)CC1. The van der Waals surface area contributed by atoms with Crippen LogP contribution < -0.4 is 10.2 Å². The van der Waals surface area contributed by atoms with E-state index in [1.807, 2.05) is 18.2 Å². The number of hydrogen-bond donors (Lipinski definition) is 1. The van der Waals surface area contributed by atoms with Gasteiger partial charge < -0.3 is 10.2 Å². The molecule has 0 spiro atoms. The maximum atomic E-state index is 11.1. The third kappa shape index (κ3) is 3.42. The molecule has 1 amide bonds. The Labute approximate surface area is 128 Å². The van der Waals surface area contributed by atoms with Gasteiger partial charge >= 0.3 is 0 Å². The summed E-state index contributed by atoms with van der Waals surface area (Å²) >= 11 is 1.69. The van der Waals surface area contributed by atoms with E-state index in [0.29, 0.717) is 6.04 Å². The Morgan fingerprint density at radius 3 is 2.67 bits per heavy atom. The minimum absolute atomic E-state index is 0.0639. The van der Waals surface area contributed by atoms with Crippen molar-refractivity contribution in [3.63, 3.8) is 0 Å². The summed E-state index contributed by atoms with van der Waals surface area (Å²) in [7, 11) is 0. The van der Waals surface area contributed by atoms with Gasteiger partial charge in [-0.1, -0.05) is 30.3 Å². The molecule has 1 aromatic carbocycles. The zero-order valence-corrected chi connectivity index (χ0v) is 12.9. The van der Waals surface area contributed by atoms with Crippen LogP contribution >= 0.6 is 11.3 Å². The highest BCUT2D eigenvalue weighted by Gasteiger charge is 2.21. The molecular weight excluding hydrogens is 282 g/mol. The van der Waals surface area contributed by atoms with Crippen molar-refractivity contribution < 1.29 is 4.79 Å². The standard InChI is InChI=1S/C16H19N3OS/c1-12(20)17-14-7-9-19(10-8-14)16-18-15(11-21-16)13-5-3-2-4-6-13/h2-6,11,14H,7-10H2,1H3,(H,17,20). The molecule has 0 saturated carbocycles. The lowest BCUT2D eigenvalue weighted by atomic mass is 10.1. The summed E-state index contributed by atoms with van der Waals surface area (Å²) in [5.74, 6) is 0.0639. The highest BCUT2D eigenvalue weighted by Crippen LogP contribution is 2.29. The van der Waals surface area contributed by atoms with Gasteiger partial charge in [0.1, 0.15) is 0 Å². The number of thiazole rings is 1. The van der Waals surface area contributed by atoms with E-state index in [1.54, 1.807) is 18.3 Å².